The van der Waals surface area contributed by atoms with E-state index in [9.17, 15) is 4.79 Å². The molecule has 24 heavy (non-hydrogen) atoms. The first kappa shape index (κ1) is 17.1. The van der Waals surface area contributed by atoms with Gasteiger partial charge in [0, 0.05) is 25.3 Å². The van der Waals surface area contributed by atoms with Crippen LogP contribution < -0.4 is 5.32 Å². The molecular formula is C20H30N2O2. The van der Waals surface area contributed by atoms with Gasteiger partial charge in [-0.25, -0.2) is 4.79 Å². The largest absolute Gasteiger partial charge is 0.444 e. The molecule has 132 valence electrons. The highest BCUT2D eigenvalue weighted by Crippen LogP contribution is 2.45. The van der Waals surface area contributed by atoms with E-state index in [1.165, 1.54) is 31.4 Å². The van der Waals surface area contributed by atoms with Crippen molar-refractivity contribution in [2.75, 3.05) is 12.4 Å². The quantitative estimate of drug-likeness (QED) is 0.873. The van der Waals surface area contributed by atoms with Gasteiger partial charge in [-0.2, -0.15) is 0 Å². The summed E-state index contributed by atoms with van der Waals surface area (Å²) in [5, 5.41) is 3.72. The number of hydrogen-bond acceptors (Lipinski definition) is 3. The molecule has 1 aromatic rings. The van der Waals surface area contributed by atoms with Crippen LogP contribution in [0.3, 0.4) is 0 Å². The molecule has 2 bridgehead atoms. The number of anilines is 1. The highest BCUT2D eigenvalue weighted by Gasteiger charge is 2.39. The smallest absolute Gasteiger partial charge is 0.410 e. The Kier molecular flexibility index (Phi) is 4.75. The minimum Gasteiger partial charge on any atom is -0.444 e. The van der Waals surface area contributed by atoms with Crippen LogP contribution in [0.25, 0.3) is 0 Å². The maximum atomic E-state index is 12.1. The van der Waals surface area contributed by atoms with E-state index < -0.39 is 5.60 Å². The predicted octanol–water partition coefficient (Wildman–Crippen LogP) is 4.65. The van der Waals surface area contributed by atoms with E-state index in [0.29, 0.717) is 12.6 Å². The summed E-state index contributed by atoms with van der Waals surface area (Å²) in [6.45, 7) is 6.22. The highest BCUT2D eigenvalue weighted by atomic mass is 16.6. The lowest BCUT2D eigenvalue weighted by Gasteiger charge is -2.26. The molecule has 2 aliphatic carbocycles. The molecule has 4 heteroatoms. The molecule has 1 N–H and O–H groups in total. The van der Waals surface area contributed by atoms with E-state index in [-0.39, 0.29) is 6.09 Å². The highest BCUT2D eigenvalue weighted by molar-refractivity contribution is 5.67. The van der Waals surface area contributed by atoms with E-state index in [2.05, 4.69) is 29.6 Å². The lowest BCUT2D eigenvalue weighted by molar-refractivity contribution is 0.0285. The molecule has 1 amide bonds. The summed E-state index contributed by atoms with van der Waals surface area (Å²) in [4.78, 5) is 13.7. The summed E-state index contributed by atoms with van der Waals surface area (Å²) in [7, 11) is 1.78. The fourth-order valence-corrected chi connectivity index (χ4v) is 4.07. The van der Waals surface area contributed by atoms with Crippen molar-refractivity contribution in [3.8, 4) is 0 Å². The van der Waals surface area contributed by atoms with Crippen molar-refractivity contribution in [2.24, 2.45) is 11.8 Å². The zero-order chi connectivity index (χ0) is 17.3. The Morgan fingerprint density at radius 1 is 1.29 bits per heavy atom. The van der Waals surface area contributed by atoms with Gasteiger partial charge in [0.25, 0.3) is 0 Å². The van der Waals surface area contributed by atoms with Crippen molar-refractivity contribution in [3.05, 3.63) is 29.8 Å². The lowest BCUT2D eigenvalue weighted by atomic mass is 9.95. The number of carbonyl (C=O) groups is 1. The van der Waals surface area contributed by atoms with Crippen molar-refractivity contribution in [3.63, 3.8) is 0 Å². The van der Waals surface area contributed by atoms with Crippen LogP contribution in [0, 0.1) is 11.8 Å². The van der Waals surface area contributed by atoms with Gasteiger partial charge in [-0.05, 0) is 69.6 Å². The monoisotopic (exact) mass is 330 g/mol. The number of benzene rings is 1. The number of ether oxygens (including phenoxy) is 1. The van der Waals surface area contributed by atoms with Crippen LogP contribution in [0.1, 0.15) is 52.0 Å². The molecule has 3 unspecified atom stereocenters. The third kappa shape index (κ3) is 4.22. The van der Waals surface area contributed by atoms with Gasteiger partial charge in [0.05, 0.1) is 0 Å². The third-order valence-corrected chi connectivity index (χ3v) is 5.14. The van der Waals surface area contributed by atoms with Crippen molar-refractivity contribution in [1.29, 1.82) is 0 Å². The van der Waals surface area contributed by atoms with Gasteiger partial charge in [0.15, 0.2) is 0 Å². The molecule has 1 aromatic carbocycles. The molecule has 0 radical (unpaired) electrons. The normalized spacial score (nSPS) is 25.6. The Morgan fingerprint density at radius 2 is 2.08 bits per heavy atom. The lowest BCUT2D eigenvalue weighted by Crippen LogP contribution is -2.33. The van der Waals surface area contributed by atoms with Crippen LogP contribution in [0.2, 0.25) is 0 Å². The zero-order valence-corrected chi connectivity index (χ0v) is 15.3. The molecule has 4 nitrogen and oxygen atoms in total. The predicted molar refractivity (Wildman–Crippen MR) is 97.0 cm³/mol. The molecule has 3 atom stereocenters. The Labute approximate surface area is 145 Å². The molecule has 0 heterocycles. The van der Waals surface area contributed by atoms with Crippen LogP contribution in [-0.4, -0.2) is 29.7 Å². The number of hydrogen-bond donors (Lipinski definition) is 1. The molecule has 0 aliphatic heterocycles. The third-order valence-electron chi connectivity index (χ3n) is 5.14. The summed E-state index contributed by atoms with van der Waals surface area (Å²) >= 11 is 0. The van der Waals surface area contributed by atoms with Gasteiger partial charge in [0.2, 0.25) is 0 Å². The van der Waals surface area contributed by atoms with Crippen LogP contribution in [0.5, 0.6) is 0 Å². The number of amides is 1. The molecule has 2 fully saturated rings. The Balaban J connectivity index is 1.58. The minimum absolute atomic E-state index is 0.283. The molecule has 3 rings (SSSR count). The van der Waals surface area contributed by atoms with Crippen LogP contribution in [0.4, 0.5) is 10.5 Å². The molecule has 0 aromatic heterocycles. The van der Waals surface area contributed by atoms with Crippen molar-refractivity contribution >= 4 is 11.8 Å². The van der Waals surface area contributed by atoms with Crippen molar-refractivity contribution < 1.29 is 9.53 Å². The Bertz CT molecular complexity index is 594. The Morgan fingerprint density at radius 3 is 2.71 bits per heavy atom. The van der Waals surface area contributed by atoms with E-state index in [1.807, 2.05) is 20.8 Å². The SMILES string of the molecule is CN(Cc1cccc(NC2CC3CCC2C3)c1)C(=O)OC(C)(C)C. The standard InChI is InChI=1S/C20H30N2O2/c1-20(2,3)24-19(23)22(4)13-15-6-5-7-17(11-15)21-18-12-14-8-9-16(18)10-14/h5-7,11,14,16,18,21H,8-10,12-13H2,1-4H3. The van der Waals surface area contributed by atoms with Crippen LogP contribution >= 0.6 is 0 Å². The number of carbonyl (C=O) groups excluding carboxylic acids is 1. The van der Waals surface area contributed by atoms with E-state index in [0.717, 1.165) is 17.4 Å². The fourth-order valence-electron chi connectivity index (χ4n) is 4.07. The second-order valence-electron chi connectivity index (χ2n) is 8.46. The van der Waals surface area contributed by atoms with Crippen LogP contribution in [0.15, 0.2) is 24.3 Å². The first-order valence-electron chi connectivity index (χ1n) is 9.10. The van der Waals surface area contributed by atoms with Gasteiger partial charge in [0.1, 0.15) is 5.60 Å². The number of fused-ring (bicyclic) bond motifs is 2. The summed E-state index contributed by atoms with van der Waals surface area (Å²) in [5.41, 5.74) is 1.83. The van der Waals surface area contributed by atoms with Gasteiger partial charge >= 0.3 is 6.09 Å². The fraction of sp³-hybridized carbons (Fsp3) is 0.650. The molecule has 2 aliphatic rings. The summed E-state index contributed by atoms with van der Waals surface area (Å²) in [5.74, 6) is 1.79. The Hall–Kier alpha value is -1.71. The molecule has 2 saturated carbocycles. The van der Waals surface area contributed by atoms with Gasteiger partial charge < -0.3 is 15.0 Å². The van der Waals surface area contributed by atoms with Gasteiger partial charge in [-0.1, -0.05) is 18.6 Å². The van der Waals surface area contributed by atoms with E-state index in [1.54, 1.807) is 11.9 Å². The van der Waals surface area contributed by atoms with Crippen molar-refractivity contribution in [2.45, 2.75) is 64.6 Å². The van der Waals surface area contributed by atoms with Gasteiger partial charge in [-0.15, -0.1) is 0 Å². The van der Waals surface area contributed by atoms with Crippen LogP contribution in [-0.2, 0) is 11.3 Å². The second kappa shape index (κ2) is 6.66. The molecule has 0 saturated heterocycles. The molecular weight excluding hydrogens is 300 g/mol. The first-order valence-corrected chi connectivity index (χ1v) is 9.10. The first-order chi connectivity index (χ1) is 11.3. The number of nitrogens with one attached hydrogen (secondary N) is 1. The topological polar surface area (TPSA) is 41.6 Å². The number of nitrogens with zero attached hydrogens (tertiary/aromatic N) is 1. The summed E-state index contributed by atoms with van der Waals surface area (Å²) in [6.07, 6.45) is 5.23. The number of rotatable bonds is 4. The zero-order valence-electron chi connectivity index (χ0n) is 15.3. The average molecular weight is 330 g/mol. The maximum Gasteiger partial charge on any atom is 0.410 e. The molecule has 0 spiro atoms. The maximum absolute atomic E-state index is 12.1. The van der Waals surface area contributed by atoms with Crippen molar-refractivity contribution in [1.82, 2.24) is 4.90 Å². The van der Waals surface area contributed by atoms with Gasteiger partial charge in [-0.3, -0.25) is 0 Å². The van der Waals surface area contributed by atoms with E-state index >= 15 is 0 Å². The summed E-state index contributed by atoms with van der Waals surface area (Å²) in [6, 6.07) is 9.04. The average Bonchev–Trinajstić information content (AvgIpc) is 3.08. The second-order valence-corrected chi connectivity index (χ2v) is 8.46. The minimum atomic E-state index is -0.462. The van der Waals surface area contributed by atoms with E-state index in [4.69, 9.17) is 4.74 Å². The summed E-state index contributed by atoms with van der Waals surface area (Å²) < 4.78 is 5.41.